The molecule has 2 saturated heterocycles. The van der Waals surface area contributed by atoms with E-state index in [4.69, 9.17) is 0 Å². The molecule has 0 bridgehead atoms. The summed E-state index contributed by atoms with van der Waals surface area (Å²) in [6, 6.07) is 4.79. The normalized spacial score (nSPS) is 23.1. The molecular weight excluding hydrogens is 224 g/mol. The molecule has 2 aliphatic rings. The van der Waals surface area contributed by atoms with Gasteiger partial charge in [0.25, 0.3) is 0 Å². The summed E-state index contributed by atoms with van der Waals surface area (Å²) in [5.74, 6) is 0. The van der Waals surface area contributed by atoms with Gasteiger partial charge in [0, 0.05) is 18.4 Å². The monoisotopic (exact) mass is 250 g/mol. The molecule has 4 nitrogen and oxygen atoms in total. The van der Waals surface area contributed by atoms with Crippen LogP contribution in [0.4, 0.5) is 0 Å². The summed E-state index contributed by atoms with van der Waals surface area (Å²) in [4.78, 5) is 6.54. The molecule has 4 heteroatoms. The third-order valence-corrected chi connectivity index (χ3v) is 3.55. The van der Waals surface area contributed by atoms with Crippen molar-refractivity contribution in [2.24, 2.45) is 0 Å². The highest BCUT2D eigenvalue weighted by molar-refractivity contribution is 5.14. The van der Waals surface area contributed by atoms with Crippen molar-refractivity contribution in [2.45, 2.75) is 31.7 Å². The first-order valence-electron chi connectivity index (χ1n) is 6.69. The Morgan fingerprint density at radius 3 is 2.50 bits per heavy atom. The summed E-state index contributed by atoms with van der Waals surface area (Å²) in [6.45, 7) is 3.72. The van der Waals surface area contributed by atoms with Gasteiger partial charge < -0.3 is 11.5 Å². The van der Waals surface area contributed by atoms with Crippen LogP contribution in [0.5, 0.6) is 0 Å². The summed E-state index contributed by atoms with van der Waals surface area (Å²) in [6.07, 6.45) is 9.18. The highest BCUT2D eigenvalue weighted by atomic mass is 15.1. The molecule has 3 heterocycles. The van der Waals surface area contributed by atoms with Crippen molar-refractivity contribution < 1.29 is 0 Å². The average Bonchev–Trinajstić information content (AvgIpc) is 3.03. The van der Waals surface area contributed by atoms with Gasteiger partial charge in [-0.3, -0.25) is 9.88 Å². The Bertz CT molecular complexity index is 303. The molecule has 0 radical (unpaired) electrons. The van der Waals surface area contributed by atoms with E-state index in [1.807, 2.05) is 18.5 Å². The van der Waals surface area contributed by atoms with Crippen LogP contribution in [0.25, 0.3) is 0 Å². The number of nitrogens with one attached hydrogen (secondary N) is 1. The maximum absolute atomic E-state index is 4.14. The third-order valence-electron chi connectivity index (χ3n) is 3.55. The lowest BCUT2D eigenvalue weighted by Gasteiger charge is -2.18. The third kappa shape index (κ3) is 4.37. The average molecular weight is 250 g/mol. The van der Waals surface area contributed by atoms with Gasteiger partial charge in [0.15, 0.2) is 0 Å². The summed E-state index contributed by atoms with van der Waals surface area (Å²) in [7, 11) is 2.19. The van der Waals surface area contributed by atoms with Crippen LogP contribution in [0, 0.1) is 0 Å². The zero-order valence-electron chi connectivity index (χ0n) is 11.4. The molecule has 0 aliphatic carbocycles. The number of hydrogen-bond acceptors (Lipinski definition) is 4. The highest BCUT2D eigenvalue weighted by Gasteiger charge is 2.21. The molecule has 0 saturated carbocycles. The standard InChI is InChI=1S/C10H14N2.C4H9N.H3N/c1-12-7-3-5-10(12)9-4-2-6-11-8-9;1-2-4-5-3-1;/h2,4,6,8,10H,3,5,7H2,1H3;5H,1-4H2;1H3. The minimum absolute atomic E-state index is 0. The summed E-state index contributed by atoms with van der Waals surface area (Å²) >= 11 is 0. The molecule has 1 aromatic rings. The van der Waals surface area contributed by atoms with E-state index in [1.165, 1.54) is 50.9 Å². The fourth-order valence-electron chi connectivity index (χ4n) is 2.53. The second-order valence-corrected chi connectivity index (χ2v) is 4.88. The molecule has 1 atom stereocenters. The Hall–Kier alpha value is -0.970. The molecule has 102 valence electrons. The molecule has 0 amide bonds. The predicted molar refractivity (Wildman–Crippen MR) is 76.0 cm³/mol. The van der Waals surface area contributed by atoms with E-state index in [2.05, 4.69) is 28.3 Å². The fraction of sp³-hybridized carbons (Fsp3) is 0.643. The number of rotatable bonds is 1. The Balaban J connectivity index is 0.000000230. The van der Waals surface area contributed by atoms with Crippen LogP contribution in [0.15, 0.2) is 24.5 Å². The van der Waals surface area contributed by atoms with E-state index < -0.39 is 0 Å². The van der Waals surface area contributed by atoms with Gasteiger partial charge in [-0.1, -0.05) is 6.07 Å². The highest BCUT2D eigenvalue weighted by Crippen LogP contribution is 2.29. The van der Waals surface area contributed by atoms with Crippen LogP contribution < -0.4 is 11.5 Å². The molecule has 3 rings (SSSR count). The minimum atomic E-state index is 0. The first-order valence-corrected chi connectivity index (χ1v) is 6.69. The van der Waals surface area contributed by atoms with Gasteiger partial charge in [-0.2, -0.15) is 0 Å². The second-order valence-electron chi connectivity index (χ2n) is 4.88. The predicted octanol–water partition coefficient (Wildman–Crippen LogP) is 2.38. The Morgan fingerprint density at radius 1 is 1.28 bits per heavy atom. The van der Waals surface area contributed by atoms with E-state index in [9.17, 15) is 0 Å². The second kappa shape index (κ2) is 8.19. The maximum atomic E-state index is 4.14. The number of likely N-dealkylation sites (tertiary alicyclic amines) is 1. The molecular formula is C14H26N4. The van der Waals surface area contributed by atoms with Crippen molar-refractivity contribution in [2.75, 3.05) is 26.7 Å². The number of aromatic nitrogens is 1. The number of hydrogen-bond donors (Lipinski definition) is 2. The van der Waals surface area contributed by atoms with Crippen molar-refractivity contribution >= 4 is 0 Å². The van der Waals surface area contributed by atoms with Gasteiger partial charge >= 0.3 is 0 Å². The van der Waals surface area contributed by atoms with Crippen LogP contribution in [0.3, 0.4) is 0 Å². The van der Waals surface area contributed by atoms with Crippen molar-refractivity contribution in [3.8, 4) is 0 Å². The summed E-state index contributed by atoms with van der Waals surface area (Å²) in [5, 5.41) is 3.22. The maximum Gasteiger partial charge on any atom is 0.0360 e. The van der Waals surface area contributed by atoms with Gasteiger partial charge in [0.05, 0.1) is 0 Å². The topological polar surface area (TPSA) is 63.2 Å². The summed E-state index contributed by atoms with van der Waals surface area (Å²) < 4.78 is 0. The van der Waals surface area contributed by atoms with Crippen molar-refractivity contribution in [1.82, 2.24) is 21.4 Å². The molecule has 4 N–H and O–H groups in total. The van der Waals surface area contributed by atoms with Gasteiger partial charge in [-0.15, -0.1) is 0 Å². The quantitative estimate of drug-likeness (QED) is 0.803. The SMILES string of the molecule is C1CCNC1.CN1CCCC1c1cccnc1.N. The minimum Gasteiger partial charge on any atom is -0.344 e. The van der Waals surface area contributed by atoms with E-state index in [-0.39, 0.29) is 6.15 Å². The molecule has 1 aromatic heterocycles. The van der Waals surface area contributed by atoms with Crippen molar-refractivity contribution in [3.63, 3.8) is 0 Å². The van der Waals surface area contributed by atoms with E-state index >= 15 is 0 Å². The van der Waals surface area contributed by atoms with Crippen LogP contribution in [0.1, 0.15) is 37.3 Å². The van der Waals surface area contributed by atoms with Gasteiger partial charge in [-0.05, 0) is 64.0 Å². The lowest BCUT2D eigenvalue weighted by molar-refractivity contribution is 0.317. The van der Waals surface area contributed by atoms with E-state index in [1.54, 1.807) is 0 Å². The first-order chi connectivity index (χ1) is 8.38. The zero-order valence-corrected chi connectivity index (χ0v) is 11.4. The van der Waals surface area contributed by atoms with Crippen molar-refractivity contribution in [1.29, 1.82) is 0 Å². The number of pyridine rings is 1. The van der Waals surface area contributed by atoms with E-state index in [0.717, 1.165) is 0 Å². The molecule has 18 heavy (non-hydrogen) atoms. The first kappa shape index (κ1) is 15.1. The Kier molecular flexibility index (Phi) is 6.86. The lowest BCUT2D eigenvalue weighted by atomic mass is 10.1. The molecule has 0 spiro atoms. The smallest absolute Gasteiger partial charge is 0.0360 e. The van der Waals surface area contributed by atoms with Gasteiger partial charge in [0.1, 0.15) is 0 Å². The summed E-state index contributed by atoms with van der Waals surface area (Å²) in [5.41, 5.74) is 1.36. The molecule has 1 unspecified atom stereocenters. The van der Waals surface area contributed by atoms with Crippen LogP contribution >= 0.6 is 0 Å². The van der Waals surface area contributed by atoms with E-state index in [0.29, 0.717) is 6.04 Å². The molecule has 2 fully saturated rings. The number of nitrogens with zero attached hydrogens (tertiary/aromatic N) is 2. The van der Waals surface area contributed by atoms with Crippen LogP contribution in [-0.2, 0) is 0 Å². The Labute approximate surface area is 110 Å². The molecule has 0 aromatic carbocycles. The zero-order chi connectivity index (χ0) is 11.9. The van der Waals surface area contributed by atoms with Crippen molar-refractivity contribution in [3.05, 3.63) is 30.1 Å². The van der Waals surface area contributed by atoms with Gasteiger partial charge in [0.2, 0.25) is 0 Å². The Morgan fingerprint density at radius 2 is 2.06 bits per heavy atom. The van der Waals surface area contributed by atoms with Crippen LogP contribution in [-0.4, -0.2) is 36.6 Å². The fourth-order valence-corrected chi connectivity index (χ4v) is 2.53. The van der Waals surface area contributed by atoms with Crippen LogP contribution in [0.2, 0.25) is 0 Å². The van der Waals surface area contributed by atoms with Gasteiger partial charge in [-0.25, -0.2) is 0 Å². The lowest BCUT2D eigenvalue weighted by Crippen LogP contribution is -2.17. The molecule has 2 aliphatic heterocycles. The largest absolute Gasteiger partial charge is 0.344 e.